The number of halogens is 1. The van der Waals surface area contributed by atoms with Gasteiger partial charge in [0.15, 0.2) is 0 Å². The van der Waals surface area contributed by atoms with Crippen molar-refractivity contribution in [1.82, 2.24) is 10.2 Å². The number of H-pyrrole nitrogens is 1. The standard InChI is InChI=1S/C11H9ClN4/c12-10-2-1-3-11(9(10)4-13)14-5-8-6-15-16-7-8/h1-3,6-7,14H,5H2,(H,15,16). The number of aromatic amines is 1. The average Bonchev–Trinajstić information content (AvgIpc) is 2.79. The normalized spacial score (nSPS) is 9.75. The summed E-state index contributed by atoms with van der Waals surface area (Å²) in [5, 5.41) is 19.1. The topological polar surface area (TPSA) is 64.5 Å². The van der Waals surface area contributed by atoms with Crippen molar-refractivity contribution in [3.8, 4) is 6.07 Å². The van der Waals surface area contributed by atoms with Crippen LogP contribution in [0.2, 0.25) is 5.02 Å². The molecule has 1 aromatic heterocycles. The van der Waals surface area contributed by atoms with E-state index >= 15 is 0 Å². The zero-order valence-corrected chi connectivity index (χ0v) is 9.12. The number of nitrogens with zero attached hydrogens (tertiary/aromatic N) is 2. The van der Waals surface area contributed by atoms with Gasteiger partial charge in [0.2, 0.25) is 0 Å². The summed E-state index contributed by atoms with van der Waals surface area (Å²) in [6.45, 7) is 0.603. The first kappa shape index (κ1) is 10.5. The number of nitriles is 1. The van der Waals surface area contributed by atoms with Crippen molar-refractivity contribution in [2.75, 3.05) is 5.32 Å². The van der Waals surface area contributed by atoms with Crippen LogP contribution in [0.15, 0.2) is 30.6 Å². The first-order valence-electron chi connectivity index (χ1n) is 4.71. The van der Waals surface area contributed by atoms with Crippen molar-refractivity contribution in [3.63, 3.8) is 0 Å². The molecular formula is C11H9ClN4. The largest absolute Gasteiger partial charge is 0.380 e. The molecule has 80 valence electrons. The van der Waals surface area contributed by atoms with Crippen LogP contribution in [0.4, 0.5) is 5.69 Å². The van der Waals surface area contributed by atoms with Gasteiger partial charge in [-0.25, -0.2) is 0 Å². The van der Waals surface area contributed by atoms with Gasteiger partial charge in [0.05, 0.1) is 22.5 Å². The van der Waals surface area contributed by atoms with Crippen LogP contribution >= 0.6 is 11.6 Å². The van der Waals surface area contributed by atoms with Crippen LogP contribution in [0.1, 0.15) is 11.1 Å². The molecule has 16 heavy (non-hydrogen) atoms. The molecule has 0 fully saturated rings. The predicted octanol–water partition coefficient (Wildman–Crippen LogP) is 2.55. The summed E-state index contributed by atoms with van der Waals surface area (Å²) in [5.41, 5.74) is 2.22. The Bertz CT molecular complexity index is 513. The molecule has 0 bridgehead atoms. The smallest absolute Gasteiger partial charge is 0.103 e. The minimum Gasteiger partial charge on any atom is -0.380 e. The van der Waals surface area contributed by atoms with Gasteiger partial charge in [0, 0.05) is 18.3 Å². The van der Waals surface area contributed by atoms with Gasteiger partial charge in [-0.2, -0.15) is 10.4 Å². The molecular weight excluding hydrogens is 224 g/mol. The molecule has 0 aliphatic carbocycles. The molecule has 0 aliphatic rings. The Morgan fingerprint density at radius 1 is 1.50 bits per heavy atom. The Morgan fingerprint density at radius 2 is 2.38 bits per heavy atom. The summed E-state index contributed by atoms with van der Waals surface area (Å²) in [6, 6.07) is 7.40. The Balaban J connectivity index is 2.16. The number of anilines is 1. The number of hydrogen-bond donors (Lipinski definition) is 2. The van der Waals surface area contributed by atoms with Gasteiger partial charge in [0.25, 0.3) is 0 Å². The molecule has 1 heterocycles. The maximum absolute atomic E-state index is 8.96. The third kappa shape index (κ3) is 2.15. The highest BCUT2D eigenvalue weighted by molar-refractivity contribution is 6.32. The molecule has 1 aromatic carbocycles. The summed E-state index contributed by atoms with van der Waals surface area (Å²) in [4.78, 5) is 0. The van der Waals surface area contributed by atoms with E-state index in [1.165, 1.54) is 0 Å². The third-order valence-electron chi connectivity index (χ3n) is 2.16. The minimum absolute atomic E-state index is 0.458. The fraction of sp³-hybridized carbons (Fsp3) is 0.0909. The van der Waals surface area contributed by atoms with E-state index in [2.05, 4.69) is 21.6 Å². The first-order valence-corrected chi connectivity index (χ1v) is 5.09. The van der Waals surface area contributed by atoms with Crippen molar-refractivity contribution in [3.05, 3.63) is 46.7 Å². The molecule has 2 aromatic rings. The molecule has 0 amide bonds. The van der Waals surface area contributed by atoms with Gasteiger partial charge < -0.3 is 5.32 Å². The summed E-state index contributed by atoms with van der Waals surface area (Å²) in [6.07, 6.45) is 3.52. The lowest BCUT2D eigenvalue weighted by atomic mass is 10.2. The lowest BCUT2D eigenvalue weighted by molar-refractivity contribution is 1.09. The highest BCUT2D eigenvalue weighted by Gasteiger charge is 2.05. The Kier molecular flexibility index (Phi) is 3.08. The molecule has 0 radical (unpaired) electrons. The Morgan fingerprint density at radius 3 is 3.06 bits per heavy atom. The molecule has 0 saturated heterocycles. The molecule has 0 unspecified atom stereocenters. The number of nitrogens with one attached hydrogen (secondary N) is 2. The van der Waals surface area contributed by atoms with E-state index in [1.807, 2.05) is 6.07 Å². The minimum atomic E-state index is 0.458. The predicted molar refractivity (Wildman–Crippen MR) is 62.1 cm³/mol. The quantitative estimate of drug-likeness (QED) is 0.855. The van der Waals surface area contributed by atoms with E-state index in [0.29, 0.717) is 17.1 Å². The SMILES string of the molecule is N#Cc1c(Cl)cccc1NCc1cn[nH]c1. The van der Waals surface area contributed by atoms with Gasteiger partial charge in [-0.15, -0.1) is 0 Å². The average molecular weight is 233 g/mol. The van der Waals surface area contributed by atoms with Crippen LogP contribution in [-0.2, 0) is 6.54 Å². The Hall–Kier alpha value is -1.99. The monoisotopic (exact) mass is 232 g/mol. The summed E-state index contributed by atoms with van der Waals surface area (Å²) >= 11 is 5.91. The maximum atomic E-state index is 8.96. The van der Waals surface area contributed by atoms with Crippen molar-refractivity contribution in [2.24, 2.45) is 0 Å². The molecule has 5 heteroatoms. The van der Waals surface area contributed by atoms with E-state index in [-0.39, 0.29) is 0 Å². The number of rotatable bonds is 3. The van der Waals surface area contributed by atoms with Crippen LogP contribution in [0, 0.1) is 11.3 Å². The lowest BCUT2D eigenvalue weighted by Crippen LogP contribution is -2.00. The van der Waals surface area contributed by atoms with Crippen molar-refractivity contribution < 1.29 is 0 Å². The van der Waals surface area contributed by atoms with Crippen molar-refractivity contribution in [2.45, 2.75) is 6.54 Å². The van der Waals surface area contributed by atoms with Crippen LogP contribution in [0.3, 0.4) is 0 Å². The fourth-order valence-electron chi connectivity index (χ4n) is 1.36. The van der Waals surface area contributed by atoms with E-state index in [4.69, 9.17) is 16.9 Å². The molecule has 2 rings (SSSR count). The number of aromatic nitrogens is 2. The maximum Gasteiger partial charge on any atom is 0.103 e. The molecule has 0 spiro atoms. The molecule has 0 atom stereocenters. The molecule has 0 saturated carbocycles. The van der Waals surface area contributed by atoms with E-state index in [9.17, 15) is 0 Å². The van der Waals surface area contributed by atoms with Gasteiger partial charge in [-0.3, -0.25) is 5.10 Å². The van der Waals surface area contributed by atoms with Crippen LogP contribution in [0.25, 0.3) is 0 Å². The van der Waals surface area contributed by atoms with Crippen LogP contribution < -0.4 is 5.32 Å². The van der Waals surface area contributed by atoms with Gasteiger partial charge in [-0.05, 0) is 12.1 Å². The zero-order chi connectivity index (χ0) is 11.4. The highest BCUT2D eigenvalue weighted by Crippen LogP contribution is 2.23. The van der Waals surface area contributed by atoms with E-state index in [0.717, 1.165) is 11.3 Å². The summed E-state index contributed by atoms with van der Waals surface area (Å²) in [7, 11) is 0. The molecule has 4 nitrogen and oxygen atoms in total. The zero-order valence-electron chi connectivity index (χ0n) is 8.37. The third-order valence-corrected chi connectivity index (χ3v) is 2.48. The van der Waals surface area contributed by atoms with E-state index in [1.54, 1.807) is 24.5 Å². The second-order valence-corrected chi connectivity index (χ2v) is 3.64. The second kappa shape index (κ2) is 4.69. The summed E-state index contributed by atoms with van der Waals surface area (Å²) in [5.74, 6) is 0. The Labute approximate surface area is 97.9 Å². The van der Waals surface area contributed by atoms with Gasteiger partial charge in [0.1, 0.15) is 6.07 Å². The number of benzene rings is 1. The molecule has 0 aliphatic heterocycles. The number of hydrogen-bond acceptors (Lipinski definition) is 3. The van der Waals surface area contributed by atoms with Crippen LogP contribution in [-0.4, -0.2) is 10.2 Å². The second-order valence-electron chi connectivity index (χ2n) is 3.23. The lowest BCUT2D eigenvalue weighted by Gasteiger charge is -2.07. The van der Waals surface area contributed by atoms with Crippen molar-refractivity contribution in [1.29, 1.82) is 5.26 Å². The van der Waals surface area contributed by atoms with Crippen molar-refractivity contribution >= 4 is 17.3 Å². The van der Waals surface area contributed by atoms with Crippen LogP contribution in [0.5, 0.6) is 0 Å². The van der Waals surface area contributed by atoms with Gasteiger partial charge in [-0.1, -0.05) is 17.7 Å². The first-order chi connectivity index (χ1) is 7.81. The van der Waals surface area contributed by atoms with Gasteiger partial charge >= 0.3 is 0 Å². The fourth-order valence-corrected chi connectivity index (χ4v) is 1.57. The summed E-state index contributed by atoms with van der Waals surface area (Å²) < 4.78 is 0. The van der Waals surface area contributed by atoms with E-state index < -0.39 is 0 Å². The highest BCUT2D eigenvalue weighted by atomic mass is 35.5. The molecule has 2 N–H and O–H groups in total.